The molecular weight excluding hydrogens is 757 g/mol. The molecule has 0 aliphatic rings. The lowest BCUT2D eigenvalue weighted by atomic mass is 10.0. The lowest BCUT2D eigenvalue weighted by Gasteiger charge is -2.13. The number of hydrogen-bond donors (Lipinski definition) is 0. The number of aromatic nitrogens is 5. The van der Waals surface area contributed by atoms with Crippen LogP contribution in [0.2, 0.25) is 0 Å². The Labute approximate surface area is 349 Å². The van der Waals surface area contributed by atoms with Crippen LogP contribution in [-0.4, -0.2) is 23.7 Å². The van der Waals surface area contributed by atoms with E-state index in [9.17, 15) is 15.8 Å². The van der Waals surface area contributed by atoms with Crippen LogP contribution >= 0.6 is 11.8 Å². The van der Waals surface area contributed by atoms with Gasteiger partial charge in [-0.25, -0.2) is 9.97 Å². The molecule has 5 aromatic heterocycles. The van der Waals surface area contributed by atoms with E-state index in [4.69, 9.17) is 9.97 Å². The summed E-state index contributed by atoms with van der Waals surface area (Å²) in [5.74, 6) is 1.65. The van der Waals surface area contributed by atoms with Crippen molar-refractivity contribution in [3.05, 3.63) is 175 Å². The molecule has 60 heavy (non-hydrogen) atoms. The fraction of sp³-hybridized carbons (Fsp3) is 0.0392. The standard InChI is InChI=1S/C49H26N8S.C2H6/c50-27-30-25-31(28-51)49(32(26-30)29-52)58-34-21-19-33(20-22-34)55-38-14-4-1-11-35(38)43-46(55)44-36-12-2-5-15-39(36)56(41-17-7-9-23-53-41)48(44)45-37-13-3-6-16-40(37)57(47(43)45)42-18-8-10-24-54-42;1-2/h1-26H;1-2H3. The summed E-state index contributed by atoms with van der Waals surface area (Å²) in [5, 5.41) is 36.1. The molecule has 0 saturated heterocycles. The maximum Gasteiger partial charge on any atom is 0.137 e. The second kappa shape index (κ2) is 14.7. The third-order valence-electron chi connectivity index (χ3n) is 10.9. The summed E-state index contributed by atoms with van der Waals surface area (Å²) in [5.41, 5.74) is 8.14. The largest absolute Gasteiger partial charge is 0.308 e. The molecule has 9 heteroatoms. The Morgan fingerprint density at radius 2 is 0.883 bits per heavy atom. The van der Waals surface area contributed by atoms with E-state index in [1.807, 2.05) is 62.6 Å². The van der Waals surface area contributed by atoms with E-state index in [1.54, 1.807) is 0 Å². The molecule has 0 spiro atoms. The van der Waals surface area contributed by atoms with Gasteiger partial charge in [0.05, 0.1) is 55.9 Å². The number of pyridine rings is 2. The Morgan fingerprint density at radius 1 is 0.467 bits per heavy atom. The van der Waals surface area contributed by atoms with Crippen LogP contribution in [0.15, 0.2) is 168 Å². The lowest BCUT2D eigenvalue weighted by molar-refractivity contribution is 1.08. The van der Waals surface area contributed by atoms with Crippen molar-refractivity contribution in [3.8, 4) is 35.5 Å². The molecule has 0 fully saturated rings. The van der Waals surface area contributed by atoms with Crippen LogP contribution in [0.4, 0.5) is 0 Å². The summed E-state index contributed by atoms with van der Waals surface area (Å²) in [6.45, 7) is 4.00. The van der Waals surface area contributed by atoms with Crippen molar-refractivity contribution in [3.63, 3.8) is 0 Å². The highest BCUT2D eigenvalue weighted by atomic mass is 32.2. The normalized spacial score (nSPS) is 11.2. The van der Waals surface area contributed by atoms with Gasteiger partial charge in [0.2, 0.25) is 0 Å². The van der Waals surface area contributed by atoms with E-state index in [1.165, 1.54) is 23.9 Å². The second-order valence-corrected chi connectivity index (χ2v) is 15.0. The van der Waals surface area contributed by atoms with Crippen molar-refractivity contribution in [2.45, 2.75) is 23.6 Å². The van der Waals surface area contributed by atoms with Crippen LogP contribution in [0.3, 0.4) is 0 Å². The van der Waals surface area contributed by atoms with Crippen molar-refractivity contribution in [1.29, 1.82) is 15.8 Å². The molecule has 0 aliphatic carbocycles. The predicted molar refractivity (Wildman–Crippen MR) is 241 cm³/mol. The first-order valence-corrected chi connectivity index (χ1v) is 20.4. The van der Waals surface area contributed by atoms with E-state index >= 15 is 0 Å². The molecule has 6 aromatic carbocycles. The summed E-state index contributed by atoms with van der Waals surface area (Å²) < 4.78 is 6.97. The fourth-order valence-corrected chi connectivity index (χ4v) is 9.55. The van der Waals surface area contributed by atoms with Gasteiger partial charge in [0, 0.05) is 60.2 Å². The van der Waals surface area contributed by atoms with Crippen LogP contribution in [0, 0.1) is 34.0 Å². The zero-order valence-corrected chi connectivity index (χ0v) is 33.3. The fourth-order valence-electron chi connectivity index (χ4n) is 8.62. The molecule has 0 saturated carbocycles. The predicted octanol–water partition coefficient (Wildman–Crippen LogP) is 12.6. The first kappa shape index (κ1) is 36.2. The summed E-state index contributed by atoms with van der Waals surface area (Å²) in [6.07, 6.45) is 3.69. The molecule has 5 heterocycles. The summed E-state index contributed by atoms with van der Waals surface area (Å²) in [4.78, 5) is 11.3. The van der Waals surface area contributed by atoms with E-state index in [2.05, 4.69) is 129 Å². The van der Waals surface area contributed by atoms with Gasteiger partial charge < -0.3 is 4.57 Å². The molecule has 0 N–H and O–H groups in total. The zero-order chi connectivity index (χ0) is 40.9. The monoisotopic (exact) mass is 788 g/mol. The number of nitriles is 3. The molecule has 0 atom stereocenters. The summed E-state index contributed by atoms with van der Waals surface area (Å²) in [7, 11) is 0. The van der Waals surface area contributed by atoms with Gasteiger partial charge in [0.25, 0.3) is 0 Å². The molecular formula is C51H32N8S. The molecule has 282 valence electrons. The molecule has 0 amide bonds. The topological polar surface area (TPSA) is 112 Å². The van der Waals surface area contributed by atoms with Crippen molar-refractivity contribution in [1.82, 2.24) is 23.7 Å². The Hall–Kier alpha value is -8.16. The third kappa shape index (κ3) is 5.37. The highest BCUT2D eigenvalue weighted by Crippen LogP contribution is 2.50. The highest BCUT2D eigenvalue weighted by molar-refractivity contribution is 7.99. The number of fused-ring (bicyclic) bond motifs is 12. The van der Waals surface area contributed by atoms with Gasteiger partial charge in [-0.3, -0.25) is 9.13 Å². The van der Waals surface area contributed by atoms with Crippen LogP contribution in [0.5, 0.6) is 0 Å². The SMILES string of the molecule is CC.N#Cc1cc(C#N)c(Sc2ccc(-n3c4ccccc4c4c3c3c5ccccc5n(-c5ccccn5)c3c3c5ccccc5n(-c5ccccn5)c43)cc2)c(C#N)c1. The molecule has 0 unspecified atom stereocenters. The Morgan fingerprint density at radius 3 is 1.30 bits per heavy atom. The Bertz CT molecular complexity index is 3510. The molecule has 11 aromatic rings. The maximum atomic E-state index is 9.96. The Balaban J connectivity index is 0.00000213. The number of hydrogen-bond acceptors (Lipinski definition) is 6. The maximum absolute atomic E-state index is 9.96. The first-order chi connectivity index (χ1) is 29.7. The summed E-state index contributed by atoms with van der Waals surface area (Å²) in [6, 6.07) is 55.5. The molecule has 0 radical (unpaired) electrons. The average Bonchev–Trinajstić information content (AvgIpc) is 3.96. The molecule has 11 rings (SSSR count). The van der Waals surface area contributed by atoms with Crippen molar-refractivity contribution >= 4 is 77.2 Å². The number of rotatable bonds is 5. The van der Waals surface area contributed by atoms with Crippen LogP contribution in [-0.2, 0) is 0 Å². The minimum absolute atomic E-state index is 0.283. The average molecular weight is 789 g/mol. The minimum atomic E-state index is 0.283. The quantitative estimate of drug-likeness (QED) is 0.172. The smallest absolute Gasteiger partial charge is 0.137 e. The summed E-state index contributed by atoms with van der Waals surface area (Å²) >= 11 is 1.35. The second-order valence-electron chi connectivity index (χ2n) is 13.9. The van der Waals surface area contributed by atoms with E-state index in [0.717, 1.165) is 87.6 Å². The number of para-hydroxylation sites is 3. The van der Waals surface area contributed by atoms with E-state index in [0.29, 0.717) is 16.0 Å². The lowest BCUT2D eigenvalue weighted by Crippen LogP contribution is -1.99. The molecule has 8 nitrogen and oxygen atoms in total. The molecule has 0 bridgehead atoms. The van der Waals surface area contributed by atoms with Gasteiger partial charge in [0.1, 0.15) is 23.8 Å². The number of nitrogens with zero attached hydrogens (tertiary/aromatic N) is 8. The van der Waals surface area contributed by atoms with Crippen molar-refractivity contribution < 1.29 is 0 Å². The van der Waals surface area contributed by atoms with Gasteiger partial charge in [-0.05, 0) is 78.9 Å². The van der Waals surface area contributed by atoms with Crippen molar-refractivity contribution in [2.24, 2.45) is 0 Å². The van der Waals surface area contributed by atoms with E-state index in [-0.39, 0.29) is 5.56 Å². The third-order valence-corrected chi connectivity index (χ3v) is 12.0. The Kier molecular flexibility index (Phi) is 8.84. The number of benzene rings is 6. The van der Waals surface area contributed by atoms with Gasteiger partial charge in [0.15, 0.2) is 0 Å². The van der Waals surface area contributed by atoms with Gasteiger partial charge >= 0.3 is 0 Å². The molecule has 0 aliphatic heterocycles. The van der Waals surface area contributed by atoms with Gasteiger partial charge in [-0.15, -0.1) is 0 Å². The zero-order valence-electron chi connectivity index (χ0n) is 32.5. The van der Waals surface area contributed by atoms with Crippen LogP contribution in [0.25, 0.3) is 82.7 Å². The van der Waals surface area contributed by atoms with Crippen LogP contribution < -0.4 is 0 Å². The van der Waals surface area contributed by atoms with Gasteiger partial charge in [-0.1, -0.05) is 92.3 Å². The van der Waals surface area contributed by atoms with Crippen LogP contribution in [0.1, 0.15) is 30.5 Å². The van der Waals surface area contributed by atoms with E-state index < -0.39 is 0 Å². The highest BCUT2D eigenvalue weighted by Gasteiger charge is 2.29. The minimum Gasteiger partial charge on any atom is -0.308 e. The van der Waals surface area contributed by atoms with Crippen molar-refractivity contribution in [2.75, 3.05) is 0 Å². The van der Waals surface area contributed by atoms with Gasteiger partial charge in [-0.2, -0.15) is 15.8 Å². The first-order valence-electron chi connectivity index (χ1n) is 19.6.